The molecule has 1 amide bonds. The zero-order chi connectivity index (χ0) is 31.2. The second kappa shape index (κ2) is 17.7. The molecule has 1 saturated heterocycles. The molecule has 1 fully saturated rings. The minimum atomic E-state index is -1.03. The molecule has 1 aliphatic rings. The molecule has 0 aliphatic carbocycles. The van der Waals surface area contributed by atoms with Crippen molar-refractivity contribution in [3.8, 4) is 0 Å². The molecule has 1 aliphatic heterocycles. The number of aliphatic carboxylic acids is 1. The monoisotopic (exact) mass is 591 g/mol. The van der Waals surface area contributed by atoms with Gasteiger partial charge in [0.2, 0.25) is 5.91 Å². The molecule has 2 aromatic rings. The number of rotatable bonds is 18. The van der Waals surface area contributed by atoms with Crippen molar-refractivity contribution in [2.45, 2.75) is 64.8 Å². The van der Waals surface area contributed by atoms with Crippen molar-refractivity contribution in [3.05, 3.63) is 71.8 Å². The molecule has 8 nitrogen and oxygen atoms in total. The number of likely N-dealkylation sites (N-methyl/N-ethyl adjacent to an activating group) is 1. The van der Waals surface area contributed by atoms with Crippen molar-refractivity contribution in [2.24, 2.45) is 17.8 Å². The lowest BCUT2D eigenvalue weighted by Gasteiger charge is -2.32. The van der Waals surface area contributed by atoms with Gasteiger partial charge in [-0.05, 0) is 49.8 Å². The number of hydrogen-bond donors (Lipinski definition) is 2. The number of aryl methyl sites for hydroxylation is 1. The van der Waals surface area contributed by atoms with E-state index in [2.05, 4.69) is 22.2 Å². The van der Waals surface area contributed by atoms with E-state index in [9.17, 15) is 24.3 Å². The first-order chi connectivity index (χ1) is 20.6. The Balaban J connectivity index is 1.67. The smallest absolute Gasteiger partial charge is 0.307 e. The summed E-state index contributed by atoms with van der Waals surface area (Å²) in [5, 5.41) is 12.8. The maximum absolute atomic E-state index is 13.7. The molecule has 1 heterocycles. The average Bonchev–Trinajstić information content (AvgIpc) is 2.99. The van der Waals surface area contributed by atoms with Crippen LogP contribution in [0.5, 0.6) is 0 Å². The minimum absolute atomic E-state index is 0.0488. The lowest BCUT2D eigenvalue weighted by atomic mass is 9.88. The maximum Gasteiger partial charge on any atom is 0.307 e. The number of carbonyl (C=O) groups excluding carboxylic acids is 3. The van der Waals surface area contributed by atoms with Gasteiger partial charge in [0.05, 0.1) is 12.0 Å². The average molecular weight is 592 g/mol. The summed E-state index contributed by atoms with van der Waals surface area (Å²) in [6, 6.07) is 18.3. The number of Topliss-reactive ketones (excluding diaryl/α,β-unsaturated/α-hetero) is 2. The van der Waals surface area contributed by atoms with Crippen molar-refractivity contribution in [1.29, 1.82) is 0 Å². The third-order valence-corrected chi connectivity index (χ3v) is 8.31. The van der Waals surface area contributed by atoms with E-state index in [1.807, 2.05) is 74.5 Å². The fourth-order valence-corrected chi connectivity index (χ4v) is 5.60. The van der Waals surface area contributed by atoms with Gasteiger partial charge in [0.1, 0.15) is 5.78 Å². The Bertz CT molecular complexity index is 1160. The molecule has 2 aromatic carbocycles. The Labute approximate surface area is 256 Å². The third-order valence-electron chi connectivity index (χ3n) is 8.31. The summed E-state index contributed by atoms with van der Waals surface area (Å²) in [6.07, 6.45) is 2.14. The molecule has 3 rings (SSSR count). The highest BCUT2D eigenvalue weighted by atomic mass is 16.4. The number of carboxylic acids is 1. The van der Waals surface area contributed by atoms with E-state index in [0.717, 1.165) is 37.3 Å². The lowest BCUT2D eigenvalue weighted by Crippen LogP contribution is -2.46. The molecule has 234 valence electrons. The molecule has 8 heteroatoms. The zero-order valence-corrected chi connectivity index (χ0v) is 26.0. The highest BCUT2D eigenvalue weighted by Crippen LogP contribution is 2.20. The van der Waals surface area contributed by atoms with Gasteiger partial charge in [-0.2, -0.15) is 0 Å². The number of piperazine rings is 1. The van der Waals surface area contributed by atoms with Crippen LogP contribution in [0.3, 0.4) is 0 Å². The third kappa shape index (κ3) is 12.4. The van der Waals surface area contributed by atoms with Gasteiger partial charge in [-0.1, -0.05) is 74.5 Å². The Morgan fingerprint density at radius 1 is 0.837 bits per heavy atom. The molecule has 0 radical (unpaired) electrons. The van der Waals surface area contributed by atoms with Gasteiger partial charge < -0.3 is 20.2 Å². The molecule has 0 bridgehead atoms. The van der Waals surface area contributed by atoms with Crippen molar-refractivity contribution < 1.29 is 24.3 Å². The molecule has 0 spiro atoms. The maximum atomic E-state index is 13.7. The highest BCUT2D eigenvalue weighted by Gasteiger charge is 2.31. The van der Waals surface area contributed by atoms with E-state index in [0.29, 0.717) is 32.2 Å². The number of amides is 1. The van der Waals surface area contributed by atoms with Crippen LogP contribution in [0.2, 0.25) is 0 Å². The Morgan fingerprint density at radius 3 is 2.02 bits per heavy atom. The fraction of sp³-hybridized carbons (Fsp3) is 0.543. The first kappa shape index (κ1) is 34.1. The molecular formula is C35H49N3O5. The number of benzene rings is 2. The summed E-state index contributed by atoms with van der Waals surface area (Å²) < 4.78 is 0. The number of hydrogen-bond acceptors (Lipinski definition) is 6. The van der Waals surface area contributed by atoms with E-state index in [4.69, 9.17) is 0 Å². The summed E-state index contributed by atoms with van der Waals surface area (Å²) >= 11 is 0. The van der Waals surface area contributed by atoms with E-state index >= 15 is 0 Å². The van der Waals surface area contributed by atoms with Crippen LogP contribution in [0.4, 0.5) is 0 Å². The van der Waals surface area contributed by atoms with Crippen LogP contribution in [0.25, 0.3) is 0 Å². The lowest BCUT2D eigenvalue weighted by molar-refractivity contribution is -0.144. The van der Waals surface area contributed by atoms with E-state index < -0.39 is 23.8 Å². The quantitative estimate of drug-likeness (QED) is 0.267. The van der Waals surface area contributed by atoms with Crippen LogP contribution in [0, 0.1) is 17.8 Å². The van der Waals surface area contributed by atoms with Crippen LogP contribution < -0.4 is 5.32 Å². The van der Waals surface area contributed by atoms with Crippen LogP contribution in [0.1, 0.15) is 57.1 Å². The number of nitrogens with one attached hydrogen (secondary N) is 1. The molecule has 0 unspecified atom stereocenters. The minimum Gasteiger partial charge on any atom is -0.481 e. The van der Waals surface area contributed by atoms with E-state index in [-0.39, 0.29) is 42.7 Å². The molecular weight excluding hydrogens is 542 g/mol. The summed E-state index contributed by atoms with van der Waals surface area (Å²) in [5.41, 5.74) is 1.94. The van der Waals surface area contributed by atoms with Gasteiger partial charge >= 0.3 is 5.97 Å². The second-order valence-electron chi connectivity index (χ2n) is 12.4. The van der Waals surface area contributed by atoms with Crippen molar-refractivity contribution >= 4 is 23.4 Å². The predicted molar refractivity (Wildman–Crippen MR) is 169 cm³/mol. The number of carboxylic acid groups (broad SMARTS) is 1. The highest BCUT2D eigenvalue weighted by molar-refractivity contribution is 5.93. The van der Waals surface area contributed by atoms with Crippen molar-refractivity contribution in [3.63, 3.8) is 0 Å². The SMILES string of the molecule is CC(C)C[C@H](NC(=O)[C@H](CCc1ccccc1)CC(=O)CCN1CCN(C)CC1)C(=O)C[C@@H](Cc1ccccc1)C(=O)O. The zero-order valence-electron chi connectivity index (χ0n) is 26.0. The summed E-state index contributed by atoms with van der Waals surface area (Å²) in [7, 11) is 2.10. The Kier molecular flexibility index (Phi) is 14.0. The number of ketones is 2. The van der Waals surface area contributed by atoms with Gasteiger partial charge in [0, 0.05) is 57.9 Å². The van der Waals surface area contributed by atoms with E-state index in [1.165, 1.54) is 0 Å². The van der Waals surface area contributed by atoms with E-state index in [1.54, 1.807) is 0 Å². The normalized spacial score (nSPS) is 16.4. The van der Waals surface area contributed by atoms with Gasteiger partial charge in [0.15, 0.2) is 5.78 Å². The fourth-order valence-electron chi connectivity index (χ4n) is 5.60. The van der Waals surface area contributed by atoms with Crippen LogP contribution in [0.15, 0.2) is 60.7 Å². The number of nitrogens with zero attached hydrogens (tertiary/aromatic N) is 2. The van der Waals surface area contributed by atoms with Crippen molar-refractivity contribution in [1.82, 2.24) is 15.1 Å². The Hall–Kier alpha value is -3.36. The van der Waals surface area contributed by atoms with Gasteiger partial charge in [-0.3, -0.25) is 19.2 Å². The van der Waals surface area contributed by atoms with Gasteiger partial charge in [-0.15, -0.1) is 0 Å². The van der Waals surface area contributed by atoms with Crippen molar-refractivity contribution in [2.75, 3.05) is 39.8 Å². The largest absolute Gasteiger partial charge is 0.481 e. The Morgan fingerprint density at radius 2 is 1.44 bits per heavy atom. The molecule has 43 heavy (non-hydrogen) atoms. The number of carbonyl (C=O) groups is 4. The topological polar surface area (TPSA) is 107 Å². The summed E-state index contributed by atoms with van der Waals surface area (Å²) in [6.45, 7) is 8.46. The standard InChI is InChI=1S/C35H49N3O5/c1-26(2)22-32(33(40)25-30(35(42)43)23-28-12-8-5-9-13-28)36-34(41)29(15-14-27-10-6-4-7-11-27)24-31(39)16-17-38-20-18-37(3)19-21-38/h4-13,26,29-30,32H,14-25H2,1-3H3,(H,36,41)(H,42,43)/t29-,30-,32+/m1/s1. The van der Waals surface area contributed by atoms with Crippen LogP contribution in [-0.4, -0.2) is 84.2 Å². The van der Waals surface area contributed by atoms with Crippen LogP contribution in [-0.2, 0) is 32.0 Å². The van der Waals surface area contributed by atoms with Gasteiger partial charge in [-0.25, -0.2) is 0 Å². The predicted octanol–water partition coefficient (Wildman–Crippen LogP) is 4.27. The molecule has 3 atom stereocenters. The summed E-state index contributed by atoms with van der Waals surface area (Å²) in [5.74, 6) is -2.91. The summed E-state index contributed by atoms with van der Waals surface area (Å²) in [4.78, 5) is 56.9. The molecule has 0 aromatic heterocycles. The first-order valence-corrected chi connectivity index (χ1v) is 15.7. The molecule has 0 saturated carbocycles. The van der Waals surface area contributed by atoms with Gasteiger partial charge in [0.25, 0.3) is 0 Å². The molecule has 2 N–H and O–H groups in total. The second-order valence-corrected chi connectivity index (χ2v) is 12.4. The first-order valence-electron chi connectivity index (χ1n) is 15.7. The van der Waals surface area contributed by atoms with Crippen LogP contribution >= 0.6 is 0 Å².